The van der Waals surface area contributed by atoms with Crippen molar-refractivity contribution in [2.75, 3.05) is 26.4 Å². The van der Waals surface area contributed by atoms with Gasteiger partial charge in [0, 0.05) is 6.42 Å². The molecular weight excluding hydrogens is 340 g/mol. The normalized spacial score (nSPS) is 21.4. The zero-order valence-corrected chi connectivity index (χ0v) is 14.3. The molecule has 0 radical (unpaired) electrons. The Bertz CT molecular complexity index is 468. The van der Waals surface area contributed by atoms with Crippen LogP contribution in [0.1, 0.15) is 27.2 Å². The van der Waals surface area contributed by atoms with Crippen LogP contribution >= 0.6 is 0 Å². The Kier molecular flexibility index (Phi) is 7.94. The molecule has 1 heterocycles. The first-order valence-electron chi connectivity index (χ1n) is 7.67. The number of esters is 3. The highest BCUT2D eigenvalue weighted by Gasteiger charge is 2.50. The largest absolute Gasteiger partial charge is 0.463 e. The molecule has 0 amide bonds. The summed E-state index contributed by atoms with van der Waals surface area (Å²) in [4.78, 5) is 46.6. The van der Waals surface area contributed by atoms with E-state index in [1.54, 1.807) is 6.92 Å². The molecule has 0 unspecified atom stereocenters. The van der Waals surface area contributed by atoms with Gasteiger partial charge in [-0.15, -0.1) is 0 Å². The van der Waals surface area contributed by atoms with Crippen molar-refractivity contribution < 1.29 is 48.0 Å². The zero-order valence-electron chi connectivity index (χ0n) is 14.3. The van der Waals surface area contributed by atoms with Gasteiger partial charge in [-0.25, -0.2) is 14.4 Å². The van der Waals surface area contributed by atoms with Crippen molar-refractivity contribution in [2.45, 2.75) is 45.2 Å². The van der Waals surface area contributed by atoms with Gasteiger partial charge in [-0.2, -0.15) is 0 Å². The van der Waals surface area contributed by atoms with Crippen molar-refractivity contribution in [3.05, 3.63) is 0 Å². The first-order valence-corrected chi connectivity index (χ1v) is 7.67. The molecule has 0 spiro atoms. The molecule has 1 rings (SSSR count). The van der Waals surface area contributed by atoms with Crippen molar-refractivity contribution in [1.29, 1.82) is 0 Å². The van der Waals surface area contributed by atoms with E-state index in [0.717, 1.165) is 0 Å². The summed E-state index contributed by atoms with van der Waals surface area (Å²) in [6.07, 6.45) is -3.07. The fourth-order valence-electron chi connectivity index (χ4n) is 1.95. The third-order valence-electron chi connectivity index (χ3n) is 2.96. The molecule has 1 saturated heterocycles. The molecule has 25 heavy (non-hydrogen) atoms. The van der Waals surface area contributed by atoms with Gasteiger partial charge in [0.2, 0.25) is 0 Å². The number of hydrogen-bond donors (Lipinski definition) is 1. The number of rotatable bonds is 9. The van der Waals surface area contributed by atoms with E-state index in [4.69, 9.17) is 24.1 Å². The highest BCUT2D eigenvalue weighted by molar-refractivity contribution is 5.89. The average molecular weight is 362 g/mol. The van der Waals surface area contributed by atoms with Crippen LogP contribution in [0.2, 0.25) is 0 Å². The van der Waals surface area contributed by atoms with Gasteiger partial charge >= 0.3 is 17.9 Å². The molecular formula is C15H22O10. The zero-order chi connectivity index (χ0) is 19.0. The summed E-state index contributed by atoms with van der Waals surface area (Å²) in [5.74, 6) is -4.50. The smallest absolute Gasteiger partial charge is 0.344 e. The van der Waals surface area contributed by atoms with Crippen molar-refractivity contribution in [2.24, 2.45) is 0 Å². The Labute approximate surface area is 144 Å². The van der Waals surface area contributed by atoms with Gasteiger partial charge in [0.05, 0.1) is 13.2 Å². The summed E-state index contributed by atoms with van der Waals surface area (Å²) < 4.78 is 24.8. The van der Waals surface area contributed by atoms with Gasteiger partial charge < -0.3 is 28.8 Å². The van der Waals surface area contributed by atoms with Crippen molar-refractivity contribution >= 4 is 23.7 Å². The number of aliphatic hydroxyl groups is 1. The van der Waals surface area contributed by atoms with E-state index in [-0.39, 0.29) is 19.6 Å². The van der Waals surface area contributed by atoms with E-state index in [1.165, 1.54) is 13.8 Å². The first kappa shape index (κ1) is 21.0. The number of aliphatic hydroxyl groups excluding tert-OH is 1. The summed E-state index contributed by atoms with van der Waals surface area (Å²) in [5.41, 5.74) is 0. The summed E-state index contributed by atoms with van der Waals surface area (Å²) in [5, 5.41) is 8.63. The molecule has 1 fully saturated rings. The molecule has 0 aromatic heterocycles. The molecule has 0 aromatic carbocycles. The number of ether oxygens (including phenoxy) is 5. The highest BCUT2D eigenvalue weighted by Crippen LogP contribution is 2.29. The molecule has 10 heteroatoms. The van der Waals surface area contributed by atoms with E-state index in [2.05, 4.69) is 4.74 Å². The van der Waals surface area contributed by atoms with Crippen LogP contribution in [0.15, 0.2) is 0 Å². The number of carbonyl (C=O) groups is 4. The molecule has 1 N–H and O–H groups in total. The lowest BCUT2D eigenvalue weighted by Crippen LogP contribution is -2.40. The molecule has 0 bridgehead atoms. The van der Waals surface area contributed by atoms with Gasteiger partial charge in [0.15, 0.2) is 30.4 Å². The molecule has 0 saturated carbocycles. The van der Waals surface area contributed by atoms with E-state index < -0.39 is 54.9 Å². The fourth-order valence-corrected chi connectivity index (χ4v) is 1.95. The van der Waals surface area contributed by atoms with E-state index in [1.807, 2.05) is 0 Å². The lowest BCUT2D eigenvalue weighted by Gasteiger charge is -2.16. The SMILES string of the molecule is CCOC(=O)COC(=O)[C@@H]1OC(C)(C)O[C@H]1C(=O)OCC(=O)CCO. The molecule has 142 valence electrons. The van der Waals surface area contributed by atoms with Crippen LogP contribution in [0, 0.1) is 0 Å². The number of Topliss-reactive ketones (excluding diaryl/α,β-unsaturated/α-hetero) is 1. The molecule has 1 aliphatic rings. The monoisotopic (exact) mass is 362 g/mol. The third-order valence-corrected chi connectivity index (χ3v) is 2.96. The number of ketones is 1. The standard InChI is InChI=1S/C15H22O10/c1-4-21-10(18)8-23-14(20)12-11(24-15(2,3)25-12)13(19)22-7-9(17)5-6-16/h11-12,16H,4-8H2,1-3H3/t11-,12-/m1/s1. The Morgan fingerprint density at radius 3 is 1.96 bits per heavy atom. The van der Waals surface area contributed by atoms with Crippen LogP contribution in [-0.2, 0) is 42.9 Å². The van der Waals surface area contributed by atoms with Crippen LogP contribution in [0.3, 0.4) is 0 Å². The van der Waals surface area contributed by atoms with Crippen LogP contribution in [0.25, 0.3) is 0 Å². The predicted molar refractivity (Wildman–Crippen MR) is 79.1 cm³/mol. The minimum Gasteiger partial charge on any atom is -0.463 e. The summed E-state index contributed by atoms with van der Waals surface area (Å²) >= 11 is 0. The maximum Gasteiger partial charge on any atom is 0.344 e. The maximum atomic E-state index is 12.1. The van der Waals surface area contributed by atoms with E-state index >= 15 is 0 Å². The lowest BCUT2D eigenvalue weighted by atomic mass is 10.2. The highest BCUT2D eigenvalue weighted by atomic mass is 16.8. The Hall–Kier alpha value is -2.04. The molecule has 0 aliphatic carbocycles. The minimum absolute atomic E-state index is 0.128. The summed E-state index contributed by atoms with van der Waals surface area (Å²) in [6, 6.07) is 0. The Balaban J connectivity index is 2.65. The number of hydrogen-bond acceptors (Lipinski definition) is 10. The Morgan fingerprint density at radius 2 is 1.48 bits per heavy atom. The number of carbonyl (C=O) groups excluding carboxylic acids is 4. The van der Waals surface area contributed by atoms with Crippen molar-refractivity contribution in [1.82, 2.24) is 0 Å². The molecule has 1 aliphatic heterocycles. The van der Waals surface area contributed by atoms with Gasteiger partial charge in [-0.3, -0.25) is 4.79 Å². The summed E-state index contributed by atoms with van der Waals surface area (Å²) in [6.45, 7) is 3.11. The summed E-state index contributed by atoms with van der Waals surface area (Å²) in [7, 11) is 0. The minimum atomic E-state index is -1.45. The molecule has 2 atom stereocenters. The molecule has 0 aromatic rings. The topological polar surface area (TPSA) is 135 Å². The van der Waals surface area contributed by atoms with Gasteiger partial charge in [-0.05, 0) is 20.8 Å². The fraction of sp³-hybridized carbons (Fsp3) is 0.733. The second kappa shape index (κ2) is 9.44. The second-order valence-corrected chi connectivity index (χ2v) is 5.51. The third kappa shape index (κ3) is 6.77. The molecule has 10 nitrogen and oxygen atoms in total. The Morgan fingerprint density at radius 1 is 0.960 bits per heavy atom. The van der Waals surface area contributed by atoms with E-state index in [9.17, 15) is 19.2 Å². The van der Waals surface area contributed by atoms with Crippen LogP contribution in [-0.4, -0.2) is 73.2 Å². The average Bonchev–Trinajstić information content (AvgIpc) is 2.87. The first-order chi connectivity index (χ1) is 11.7. The van der Waals surface area contributed by atoms with Gasteiger partial charge in [-0.1, -0.05) is 0 Å². The van der Waals surface area contributed by atoms with E-state index in [0.29, 0.717) is 0 Å². The van der Waals surface area contributed by atoms with Gasteiger partial charge in [0.1, 0.15) is 6.61 Å². The maximum absolute atomic E-state index is 12.1. The predicted octanol–water partition coefficient (Wildman–Crippen LogP) is -0.892. The lowest BCUT2D eigenvalue weighted by molar-refractivity contribution is -0.175. The van der Waals surface area contributed by atoms with Gasteiger partial charge in [0.25, 0.3) is 0 Å². The van der Waals surface area contributed by atoms with Crippen LogP contribution in [0.5, 0.6) is 0 Å². The second-order valence-electron chi connectivity index (χ2n) is 5.51. The van der Waals surface area contributed by atoms with Crippen LogP contribution in [0.4, 0.5) is 0 Å². The van der Waals surface area contributed by atoms with Crippen LogP contribution < -0.4 is 0 Å². The van der Waals surface area contributed by atoms with Crippen molar-refractivity contribution in [3.63, 3.8) is 0 Å². The van der Waals surface area contributed by atoms with Crippen molar-refractivity contribution in [3.8, 4) is 0 Å². The quantitative estimate of drug-likeness (QED) is 0.406.